The molecule has 0 bridgehead atoms. The topological polar surface area (TPSA) is 71.8 Å². The van der Waals surface area contributed by atoms with Crippen LogP contribution in [0.15, 0.2) is 55.4 Å². The first-order chi connectivity index (χ1) is 14.9. The van der Waals surface area contributed by atoms with Gasteiger partial charge in [0.2, 0.25) is 5.91 Å². The van der Waals surface area contributed by atoms with E-state index < -0.39 is 5.82 Å². The summed E-state index contributed by atoms with van der Waals surface area (Å²) in [6.07, 6.45) is 4.93. The fourth-order valence-electron chi connectivity index (χ4n) is 3.37. The highest BCUT2D eigenvalue weighted by Crippen LogP contribution is 2.35. The second-order valence-corrected chi connectivity index (χ2v) is 8.63. The molecule has 0 aliphatic rings. The summed E-state index contributed by atoms with van der Waals surface area (Å²) in [4.78, 5) is 21.8. The van der Waals surface area contributed by atoms with Crippen LogP contribution in [0.2, 0.25) is 0 Å². The van der Waals surface area contributed by atoms with E-state index in [1.54, 1.807) is 12.3 Å². The third kappa shape index (κ3) is 4.20. The van der Waals surface area contributed by atoms with Crippen molar-refractivity contribution in [1.82, 2.24) is 14.5 Å². The minimum Gasteiger partial charge on any atom is -0.345 e. The Hall–Kier alpha value is -3.52. The molecule has 0 atom stereocenters. The smallest absolute Gasteiger partial charge is 0.247 e. The second kappa shape index (κ2) is 8.31. The quantitative estimate of drug-likeness (QED) is 0.361. The van der Waals surface area contributed by atoms with Crippen LogP contribution in [0.5, 0.6) is 0 Å². The van der Waals surface area contributed by atoms with Gasteiger partial charge in [0, 0.05) is 46.0 Å². The van der Waals surface area contributed by atoms with Crippen molar-refractivity contribution in [2.75, 3.05) is 10.6 Å². The van der Waals surface area contributed by atoms with Gasteiger partial charge in [0.25, 0.3) is 0 Å². The maximum absolute atomic E-state index is 14.9. The summed E-state index contributed by atoms with van der Waals surface area (Å²) in [7, 11) is 0. The summed E-state index contributed by atoms with van der Waals surface area (Å²) < 4.78 is 17.0. The van der Waals surface area contributed by atoms with Gasteiger partial charge in [0.15, 0.2) is 5.13 Å². The summed E-state index contributed by atoms with van der Waals surface area (Å²) in [5.74, 6) is -0.224. The molecule has 158 valence electrons. The fraction of sp³-hybridized carbons (Fsp3) is 0.174. The first kappa shape index (κ1) is 20.7. The van der Waals surface area contributed by atoms with E-state index in [9.17, 15) is 9.18 Å². The molecule has 4 rings (SSSR count). The predicted octanol–water partition coefficient (Wildman–Crippen LogP) is 6.06. The van der Waals surface area contributed by atoms with Crippen molar-refractivity contribution in [3.05, 3.63) is 66.1 Å². The van der Waals surface area contributed by atoms with E-state index in [2.05, 4.69) is 40.6 Å². The molecule has 4 aromatic rings. The van der Waals surface area contributed by atoms with Crippen LogP contribution in [0.1, 0.15) is 24.8 Å². The van der Waals surface area contributed by atoms with Crippen LogP contribution in [-0.4, -0.2) is 20.4 Å². The first-order valence-electron chi connectivity index (χ1n) is 9.80. The second-order valence-electron chi connectivity index (χ2n) is 7.39. The Morgan fingerprint density at radius 3 is 2.77 bits per heavy atom. The predicted molar refractivity (Wildman–Crippen MR) is 124 cm³/mol. The lowest BCUT2D eigenvalue weighted by Gasteiger charge is -2.14. The lowest BCUT2D eigenvalue weighted by Crippen LogP contribution is -2.07. The minimum absolute atomic E-state index is 0.214. The maximum atomic E-state index is 14.9. The molecule has 6 nitrogen and oxygen atoms in total. The van der Waals surface area contributed by atoms with Crippen LogP contribution in [-0.2, 0) is 4.79 Å². The summed E-state index contributed by atoms with van der Waals surface area (Å²) in [6.45, 7) is 9.61. The molecule has 3 heterocycles. The van der Waals surface area contributed by atoms with Crippen molar-refractivity contribution in [2.45, 2.75) is 26.8 Å². The number of halogens is 1. The van der Waals surface area contributed by atoms with Crippen molar-refractivity contribution in [3.8, 4) is 11.3 Å². The number of anilines is 3. The zero-order chi connectivity index (χ0) is 22.1. The molecule has 31 heavy (non-hydrogen) atoms. The number of rotatable bonds is 6. The minimum atomic E-state index is -0.426. The number of thiazole rings is 1. The molecule has 0 radical (unpaired) electrons. The fourth-order valence-corrected chi connectivity index (χ4v) is 4.05. The van der Waals surface area contributed by atoms with Gasteiger partial charge < -0.3 is 15.2 Å². The SMILES string of the molecule is C=CC(=O)Nc1ccc(F)c(-c2nc(Nc3ncc(C)s3)cc3c2ccn3C(C)C)c1. The Morgan fingerprint density at radius 1 is 1.29 bits per heavy atom. The van der Waals surface area contributed by atoms with Gasteiger partial charge in [-0.25, -0.2) is 14.4 Å². The van der Waals surface area contributed by atoms with Crippen LogP contribution in [0.3, 0.4) is 0 Å². The Bertz CT molecular complexity index is 1290. The third-order valence-electron chi connectivity index (χ3n) is 4.80. The van der Waals surface area contributed by atoms with Crippen molar-refractivity contribution >= 4 is 44.8 Å². The van der Waals surface area contributed by atoms with Crippen molar-refractivity contribution in [1.29, 1.82) is 0 Å². The van der Waals surface area contributed by atoms with Crippen molar-refractivity contribution in [3.63, 3.8) is 0 Å². The van der Waals surface area contributed by atoms with E-state index >= 15 is 0 Å². The average molecular weight is 436 g/mol. The monoisotopic (exact) mass is 435 g/mol. The van der Waals surface area contributed by atoms with Crippen LogP contribution in [0.25, 0.3) is 22.2 Å². The average Bonchev–Trinajstić information content (AvgIpc) is 3.34. The van der Waals surface area contributed by atoms with Crippen LogP contribution < -0.4 is 10.6 Å². The number of hydrogen-bond donors (Lipinski definition) is 2. The summed E-state index contributed by atoms with van der Waals surface area (Å²) >= 11 is 1.52. The molecule has 1 amide bonds. The van der Waals surface area contributed by atoms with E-state index in [0.29, 0.717) is 27.9 Å². The molecule has 1 aromatic carbocycles. The molecule has 0 aliphatic heterocycles. The van der Waals surface area contributed by atoms with Crippen LogP contribution >= 0.6 is 11.3 Å². The van der Waals surface area contributed by atoms with Crippen molar-refractivity contribution < 1.29 is 9.18 Å². The van der Waals surface area contributed by atoms with E-state index in [0.717, 1.165) is 15.8 Å². The molecule has 0 saturated carbocycles. The molecule has 3 aromatic heterocycles. The molecular formula is C23H22FN5OS. The highest BCUT2D eigenvalue weighted by atomic mass is 32.1. The molecule has 8 heteroatoms. The lowest BCUT2D eigenvalue weighted by atomic mass is 10.1. The zero-order valence-electron chi connectivity index (χ0n) is 17.4. The maximum Gasteiger partial charge on any atom is 0.247 e. The number of hydrogen-bond acceptors (Lipinski definition) is 5. The van der Waals surface area contributed by atoms with Crippen LogP contribution in [0.4, 0.5) is 21.0 Å². The van der Waals surface area contributed by atoms with Gasteiger partial charge in [-0.15, -0.1) is 11.3 Å². The summed E-state index contributed by atoms with van der Waals surface area (Å²) in [6, 6.07) is 8.51. The zero-order valence-corrected chi connectivity index (χ0v) is 18.3. The van der Waals surface area contributed by atoms with Gasteiger partial charge in [0.1, 0.15) is 11.6 Å². The summed E-state index contributed by atoms with van der Waals surface area (Å²) in [5, 5.41) is 7.45. The number of nitrogens with one attached hydrogen (secondary N) is 2. The van der Waals surface area contributed by atoms with Gasteiger partial charge >= 0.3 is 0 Å². The number of aryl methyl sites for hydroxylation is 1. The largest absolute Gasteiger partial charge is 0.345 e. The number of pyridine rings is 1. The number of carbonyl (C=O) groups excluding carboxylic acids is 1. The van der Waals surface area contributed by atoms with E-state index in [4.69, 9.17) is 4.98 Å². The Morgan fingerprint density at radius 2 is 2.10 bits per heavy atom. The molecule has 0 aliphatic carbocycles. The molecule has 2 N–H and O–H groups in total. The standard InChI is InChI=1S/C23H22FN5OS/c1-5-21(30)26-15-6-7-18(24)17(10-15)22-16-8-9-29(13(2)3)19(16)11-20(27-22)28-23-25-12-14(4)31-23/h5-13H,1H2,2-4H3,(H,26,30)(H,25,27,28). The summed E-state index contributed by atoms with van der Waals surface area (Å²) in [5.41, 5.74) is 2.18. The van der Waals surface area contributed by atoms with Gasteiger partial charge in [-0.05, 0) is 51.1 Å². The number of carbonyl (C=O) groups is 1. The number of amides is 1. The van der Waals surface area contributed by atoms with E-state index in [1.165, 1.54) is 29.5 Å². The number of aromatic nitrogens is 3. The van der Waals surface area contributed by atoms with Gasteiger partial charge in [-0.1, -0.05) is 6.58 Å². The number of nitrogens with zero attached hydrogens (tertiary/aromatic N) is 3. The van der Waals surface area contributed by atoms with Crippen molar-refractivity contribution in [2.24, 2.45) is 0 Å². The Balaban J connectivity index is 1.89. The first-order valence-corrected chi connectivity index (χ1v) is 10.6. The molecule has 0 spiro atoms. The Kier molecular flexibility index (Phi) is 5.56. The number of fused-ring (bicyclic) bond motifs is 1. The molecule has 0 fully saturated rings. The van der Waals surface area contributed by atoms with E-state index in [-0.39, 0.29) is 11.9 Å². The van der Waals surface area contributed by atoms with Gasteiger partial charge in [-0.2, -0.15) is 0 Å². The normalized spacial score (nSPS) is 11.1. The lowest BCUT2D eigenvalue weighted by molar-refractivity contribution is -0.111. The third-order valence-corrected chi connectivity index (χ3v) is 5.63. The molecular weight excluding hydrogens is 413 g/mol. The highest BCUT2D eigenvalue weighted by molar-refractivity contribution is 7.15. The molecule has 0 saturated heterocycles. The van der Waals surface area contributed by atoms with Crippen LogP contribution in [0, 0.1) is 12.7 Å². The molecule has 0 unspecified atom stereocenters. The van der Waals surface area contributed by atoms with E-state index in [1.807, 2.05) is 25.3 Å². The highest BCUT2D eigenvalue weighted by Gasteiger charge is 2.17. The Labute approximate surface area is 183 Å². The van der Waals surface area contributed by atoms with Gasteiger partial charge in [0.05, 0.1) is 11.2 Å². The van der Waals surface area contributed by atoms with Gasteiger partial charge in [-0.3, -0.25) is 4.79 Å². The number of benzene rings is 1.